The molecule has 32 heavy (non-hydrogen) atoms. The summed E-state index contributed by atoms with van der Waals surface area (Å²) >= 11 is 0. The van der Waals surface area contributed by atoms with Crippen LogP contribution < -0.4 is 10.1 Å². The highest BCUT2D eigenvalue weighted by atomic mass is 16.5. The Labute approximate surface area is 187 Å². The average molecular weight is 427 g/mol. The van der Waals surface area contributed by atoms with Crippen LogP contribution in [0.3, 0.4) is 0 Å². The summed E-state index contributed by atoms with van der Waals surface area (Å²) in [6, 6.07) is 27.9. The summed E-state index contributed by atoms with van der Waals surface area (Å²) in [5.41, 5.74) is 2.76. The van der Waals surface area contributed by atoms with Crippen molar-refractivity contribution in [3.05, 3.63) is 102 Å². The number of likely N-dealkylation sites (tertiary alicyclic amines) is 1. The number of hydrogen-bond donors (Lipinski definition) is 1. The van der Waals surface area contributed by atoms with Crippen molar-refractivity contribution in [2.75, 3.05) is 13.1 Å². The molecule has 0 radical (unpaired) electrons. The third-order valence-corrected chi connectivity index (χ3v) is 5.89. The van der Waals surface area contributed by atoms with Gasteiger partial charge in [-0.1, -0.05) is 66.7 Å². The number of nitrogens with zero attached hydrogens (tertiary/aromatic N) is 1. The normalized spacial score (nSPS) is 16.3. The standard InChI is InChI=1S/C27H26N2O3/c30-27(28-21-15-16-29(18-21)17-20-9-3-1-4-10-20)26-24(19-31-22-11-5-2-6-12-22)23-13-7-8-14-25(23)32-26/h1-14,21H,15-19H2,(H,28,30). The van der Waals surface area contributed by atoms with Gasteiger partial charge in [0.2, 0.25) is 0 Å². The fourth-order valence-corrected chi connectivity index (χ4v) is 4.28. The Morgan fingerprint density at radius 2 is 1.69 bits per heavy atom. The van der Waals surface area contributed by atoms with Crippen LogP contribution in [0.4, 0.5) is 0 Å². The number of benzene rings is 3. The Morgan fingerprint density at radius 3 is 2.50 bits per heavy atom. The maximum absolute atomic E-state index is 13.2. The predicted octanol–water partition coefficient (Wildman–Crippen LogP) is 5.02. The molecule has 2 heterocycles. The molecule has 162 valence electrons. The third kappa shape index (κ3) is 4.53. The highest BCUT2D eigenvalue weighted by Crippen LogP contribution is 2.28. The maximum atomic E-state index is 13.2. The molecule has 0 aliphatic carbocycles. The lowest BCUT2D eigenvalue weighted by molar-refractivity contribution is 0.0908. The summed E-state index contributed by atoms with van der Waals surface area (Å²) in [4.78, 5) is 15.6. The Kier molecular flexibility index (Phi) is 5.90. The van der Waals surface area contributed by atoms with Gasteiger partial charge in [0.05, 0.1) is 0 Å². The topological polar surface area (TPSA) is 54.7 Å². The smallest absolute Gasteiger partial charge is 0.287 e. The van der Waals surface area contributed by atoms with E-state index in [9.17, 15) is 4.79 Å². The molecule has 0 spiro atoms. The van der Waals surface area contributed by atoms with E-state index in [1.54, 1.807) is 0 Å². The van der Waals surface area contributed by atoms with Crippen LogP contribution in [-0.4, -0.2) is 29.9 Å². The number of carbonyl (C=O) groups is 1. The molecule has 1 aromatic heterocycles. The van der Waals surface area contributed by atoms with Gasteiger partial charge in [0.25, 0.3) is 5.91 Å². The molecule has 0 bridgehead atoms. The summed E-state index contributed by atoms with van der Waals surface area (Å²) < 4.78 is 11.9. The highest BCUT2D eigenvalue weighted by molar-refractivity contribution is 5.99. The van der Waals surface area contributed by atoms with Gasteiger partial charge in [0.15, 0.2) is 5.76 Å². The molecule has 5 heteroatoms. The minimum absolute atomic E-state index is 0.0994. The quantitative estimate of drug-likeness (QED) is 0.451. The van der Waals surface area contributed by atoms with Gasteiger partial charge >= 0.3 is 0 Å². The van der Waals surface area contributed by atoms with Crippen LogP contribution in [0, 0.1) is 0 Å². The third-order valence-electron chi connectivity index (χ3n) is 5.89. The molecule has 1 amide bonds. The monoisotopic (exact) mass is 426 g/mol. The molecule has 3 aromatic carbocycles. The zero-order chi connectivity index (χ0) is 21.8. The second-order valence-electron chi connectivity index (χ2n) is 8.19. The highest BCUT2D eigenvalue weighted by Gasteiger charge is 2.27. The molecule has 4 aromatic rings. The molecular weight excluding hydrogens is 400 g/mol. The van der Waals surface area contributed by atoms with Crippen molar-refractivity contribution in [3.63, 3.8) is 0 Å². The van der Waals surface area contributed by atoms with Crippen LogP contribution >= 0.6 is 0 Å². The molecule has 1 aliphatic heterocycles. The second-order valence-corrected chi connectivity index (χ2v) is 8.19. The van der Waals surface area contributed by atoms with Crippen LogP contribution in [-0.2, 0) is 13.2 Å². The van der Waals surface area contributed by atoms with E-state index in [0.717, 1.165) is 42.8 Å². The van der Waals surface area contributed by atoms with E-state index in [4.69, 9.17) is 9.15 Å². The van der Waals surface area contributed by atoms with Gasteiger partial charge in [-0.2, -0.15) is 0 Å². The van der Waals surface area contributed by atoms with Crippen LogP contribution in [0.15, 0.2) is 89.3 Å². The fraction of sp³-hybridized carbons (Fsp3) is 0.222. The van der Waals surface area contributed by atoms with Gasteiger partial charge in [0.1, 0.15) is 17.9 Å². The first kappa shape index (κ1) is 20.3. The summed E-state index contributed by atoms with van der Waals surface area (Å²) in [7, 11) is 0. The minimum Gasteiger partial charge on any atom is -0.489 e. The lowest BCUT2D eigenvalue weighted by atomic mass is 10.1. The van der Waals surface area contributed by atoms with E-state index >= 15 is 0 Å². The van der Waals surface area contributed by atoms with E-state index in [0.29, 0.717) is 11.3 Å². The average Bonchev–Trinajstić information content (AvgIpc) is 3.43. The minimum atomic E-state index is -0.181. The van der Waals surface area contributed by atoms with E-state index in [1.165, 1.54) is 5.56 Å². The van der Waals surface area contributed by atoms with Crippen molar-refractivity contribution in [1.82, 2.24) is 10.2 Å². The van der Waals surface area contributed by atoms with Gasteiger partial charge in [-0.15, -0.1) is 0 Å². The van der Waals surface area contributed by atoms with Crippen LogP contribution in [0.1, 0.15) is 28.1 Å². The van der Waals surface area contributed by atoms with Gasteiger partial charge in [0, 0.05) is 36.6 Å². The largest absolute Gasteiger partial charge is 0.489 e. The summed E-state index contributed by atoms with van der Waals surface area (Å²) in [5, 5.41) is 4.09. The van der Waals surface area contributed by atoms with E-state index < -0.39 is 0 Å². The first-order valence-corrected chi connectivity index (χ1v) is 11.0. The molecule has 1 fully saturated rings. The Hall–Kier alpha value is -3.57. The number of nitrogens with one attached hydrogen (secondary N) is 1. The lowest BCUT2D eigenvalue weighted by Gasteiger charge is -2.16. The first-order valence-electron chi connectivity index (χ1n) is 11.0. The van der Waals surface area contributed by atoms with Gasteiger partial charge in [-0.05, 0) is 30.2 Å². The summed E-state index contributed by atoms with van der Waals surface area (Å²) in [6.45, 7) is 2.96. The number of amides is 1. The molecule has 1 saturated heterocycles. The number of carbonyl (C=O) groups excluding carboxylic acids is 1. The molecular formula is C27H26N2O3. The second kappa shape index (κ2) is 9.28. The number of para-hydroxylation sites is 2. The van der Waals surface area contributed by atoms with Crippen LogP contribution in [0.25, 0.3) is 11.0 Å². The number of furan rings is 1. The SMILES string of the molecule is O=C(NC1CCN(Cc2ccccc2)C1)c1oc2ccccc2c1COc1ccccc1. The maximum Gasteiger partial charge on any atom is 0.287 e. The van der Waals surface area contributed by atoms with Gasteiger partial charge < -0.3 is 14.5 Å². The molecule has 5 rings (SSSR count). The molecule has 1 aliphatic rings. The summed E-state index contributed by atoms with van der Waals surface area (Å²) in [6.07, 6.45) is 0.925. The fourth-order valence-electron chi connectivity index (χ4n) is 4.28. The zero-order valence-corrected chi connectivity index (χ0v) is 17.9. The van der Waals surface area contributed by atoms with Gasteiger partial charge in [-0.3, -0.25) is 9.69 Å². The van der Waals surface area contributed by atoms with Crippen molar-refractivity contribution in [2.24, 2.45) is 0 Å². The van der Waals surface area contributed by atoms with Crippen molar-refractivity contribution in [2.45, 2.75) is 25.6 Å². The van der Waals surface area contributed by atoms with Crippen molar-refractivity contribution < 1.29 is 13.9 Å². The van der Waals surface area contributed by atoms with Crippen LogP contribution in [0.2, 0.25) is 0 Å². The van der Waals surface area contributed by atoms with Crippen molar-refractivity contribution in [1.29, 1.82) is 0 Å². The number of rotatable bonds is 7. The lowest BCUT2D eigenvalue weighted by Crippen LogP contribution is -2.37. The molecule has 1 unspecified atom stereocenters. The number of fused-ring (bicyclic) bond motifs is 1. The molecule has 1 N–H and O–H groups in total. The van der Waals surface area contributed by atoms with E-state index in [-0.39, 0.29) is 18.6 Å². The molecule has 0 saturated carbocycles. The number of hydrogen-bond acceptors (Lipinski definition) is 4. The van der Waals surface area contributed by atoms with Crippen LogP contribution in [0.5, 0.6) is 5.75 Å². The molecule has 5 nitrogen and oxygen atoms in total. The Balaban J connectivity index is 1.29. The Morgan fingerprint density at radius 1 is 0.969 bits per heavy atom. The first-order chi connectivity index (χ1) is 15.8. The predicted molar refractivity (Wildman–Crippen MR) is 125 cm³/mol. The number of ether oxygens (including phenoxy) is 1. The van der Waals surface area contributed by atoms with Crippen molar-refractivity contribution in [3.8, 4) is 5.75 Å². The zero-order valence-electron chi connectivity index (χ0n) is 17.9. The van der Waals surface area contributed by atoms with Gasteiger partial charge in [-0.25, -0.2) is 0 Å². The van der Waals surface area contributed by atoms with Crippen molar-refractivity contribution >= 4 is 16.9 Å². The Bertz CT molecular complexity index is 1190. The van der Waals surface area contributed by atoms with E-state index in [2.05, 4.69) is 34.5 Å². The summed E-state index contributed by atoms with van der Waals surface area (Å²) in [5.74, 6) is 0.916. The molecule has 1 atom stereocenters. The van der Waals surface area contributed by atoms with E-state index in [1.807, 2.05) is 60.7 Å².